The van der Waals surface area contributed by atoms with Crippen molar-refractivity contribution < 1.29 is 23.7 Å². The predicted octanol–water partition coefficient (Wildman–Crippen LogP) is 6.60. The maximum Gasteiger partial charge on any atom is 0.145 e. The lowest BCUT2D eigenvalue weighted by molar-refractivity contribution is 0.00498. The fourth-order valence-corrected chi connectivity index (χ4v) is 5.95. The molecule has 15 nitrogen and oxygen atoms in total. The molecule has 6 heterocycles. The maximum atomic E-state index is 6.04. The van der Waals surface area contributed by atoms with Gasteiger partial charge in [0.15, 0.2) is 0 Å². The van der Waals surface area contributed by atoms with E-state index in [-0.39, 0.29) is 0 Å². The van der Waals surface area contributed by atoms with Crippen molar-refractivity contribution in [3.8, 4) is 68.2 Å². The Kier molecular flexibility index (Phi) is 13.0. The average Bonchev–Trinajstić information content (AvgIpc) is 4.01. The van der Waals surface area contributed by atoms with Crippen LogP contribution < -0.4 is 9.47 Å². The van der Waals surface area contributed by atoms with E-state index in [4.69, 9.17) is 23.7 Å². The molecule has 0 saturated heterocycles. The van der Waals surface area contributed by atoms with Crippen LogP contribution in [0.25, 0.3) is 56.7 Å². The topological polar surface area (TPSA) is 159 Å². The molecule has 0 fully saturated rings. The molecule has 0 aliphatic rings. The van der Waals surface area contributed by atoms with Gasteiger partial charge in [0.2, 0.25) is 0 Å². The number of pyridine rings is 4. The van der Waals surface area contributed by atoms with E-state index in [0.717, 1.165) is 45.3 Å². The highest BCUT2D eigenvalue weighted by atomic mass is 16.6. The van der Waals surface area contributed by atoms with E-state index in [1.165, 1.54) is 0 Å². The van der Waals surface area contributed by atoms with Gasteiger partial charge in [-0.25, -0.2) is 9.36 Å². The summed E-state index contributed by atoms with van der Waals surface area (Å²) in [6, 6.07) is 34.6. The number of benzene rings is 2. The van der Waals surface area contributed by atoms with Crippen molar-refractivity contribution >= 4 is 0 Å². The predicted molar refractivity (Wildman–Crippen MR) is 219 cm³/mol. The second kappa shape index (κ2) is 19.8. The summed E-state index contributed by atoms with van der Waals surface area (Å²) in [4.78, 5) is 17.8. The fraction of sp³-hybridized carbons (Fsp3) is 0.182. The van der Waals surface area contributed by atoms with Gasteiger partial charge in [-0.15, -0.1) is 10.2 Å². The minimum Gasteiger partial charge on any atom is -0.489 e. The molecule has 8 aromatic rings. The molecule has 2 aromatic carbocycles. The molecule has 8 rings (SSSR count). The van der Waals surface area contributed by atoms with Crippen molar-refractivity contribution in [3.05, 3.63) is 146 Å². The highest BCUT2D eigenvalue weighted by Crippen LogP contribution is 2.27. The second-order valence-electron chi connectivity index (χ2n) is 12.9. The zero-order chi connectivity index (χ0) is 39.9. The van der Waals surface area contributed by atoms with E-state index >= 15 is 0 Å². The SMILES string of the molecule is c1ccc(-c2ccc(-c3cn(-c4ccccc4OCCOCCOCCOCCOc4ccccc4-n4cc(-c5ccc(-c6ccccn6)nc5)nn4)nn3)cn2)nc1. The number of hydrogen-bond donors (Lipinski definition) is 0. The Morgan fingerprint density at radius 1 is 0.373 bits per heavy atom. The number of hydrogen-bond acceptors (Lipinski definition) is 13. The Morgan fingerprint density at radius 2 is 0.780 bits per heavy atom. The Balaban J connectivity index is 0.701. The zero-order valence-corrected chi connectivity index (χ0v) is 32.0. The standard InChI is InChI=1S/C44H40N10O5/c1-3-13-43(41(11-1)53-31-39(49-51-53)33-15-17-37(47-29-33)35-9-5-7-19-45-35)58-27-25-56-23-21-55-22-24-57-26-28-59-44-14-4-2-12-42(44)54-32-40(50-52-54)34-16-18-38(48-30-34)36-10-6-8-20-46-36/h1-20,29-32H,21-28H2. The van der Waals surface area contributed by atoms with E-state index in [9.17, 15) is 0 Å². The Bertz CT molecular complexity index is 2320. The minimum atomic E-state index is 0.361. The first-order chi connectivity index (χ1) is 29.3. The second-order valence-corrected chi connectivity index (χ2v) is 12.9. The van der Waals surface area contributed by atoms with Crippen LogP contribution in [0.2, 0.25) is 0 Å². The third kappa shape index (κ3) is 10.2. The number of rotatable bonds is 20. The van der Waals surface area contributed by atoms with Gasteiger partial charge >= 0.3 is 0 Å². The van der Waals surface area contributed by atoms with Gasteiger partial charge < -0.3 is 23.7 Å². The minimum absolute atomic E-state index is 0.361. The van der Waals surface area contributed by atoms with Gasteiger partial charge in [-0.3, -0.25) is 19.9 Å². The molecule has 296 valence electrons. The fourth-order valence-electron chi connectivity index (χ4n) is 5.95. The van der Waals surface area contributed by atoms with Crippen LogP contribution in [0.15, 0.2) is 146 Å². The van der Waals surface area contributed by atoms with Gasteiger partial charge in [0.1, 0.15) is 47.5 Å². The van der Waals surface area contributed by atoms with Gasteiger partial charge in [0, 0.05) is 35.9 Å². The molecule has 0 N–H and O–H groups in total. The molecule has 0 unspecified atom stereocenters. The molecule has 0 radical (unpaired) electrons. The van der Waals surface area contributed by atoms with Gasteiger partial charge in [-0.2, -0.15) is 0 Å². The quantitative estimate of drug-likeness (QED) is 0.0761. The molecule has 0 atom stereocenters. The first-order valence-electron chi connectivity index (χ1n) is 19.1. The van der Waals surface area contributed by atoms with Crippen molar-refractivity contribution in [2.75, 3.05) is 52.9 Å². The first-order valence-corrected chi connectivity index (χ1v) is 19.1. The van der Waals surface area contributed by atoms with E-state index in [2.05, 4.69) is 40.6 Å². The van der Waals surface area contributed by atoms with Crippen molar-refractivity contribution in [1.29, 1.82) is 0 Å². The van der Waals surface area contributed by atoms with E-state index in [0.29, 0.717) is 75.7 Å². The molecule has 0 spiro atoms. The molecule has 0 bridgehead atoms. The van der Waals surface area contributed by atoms with Crippen LogP contribution in [0.3, 0.4) is 0 Å². The molecule has 0 aliphatic heterocycles. The van der Waals surface area contributed by atoms with Crippen LogP contribution in [-0.4, -0.2) is 103 Å². The molecular weight excluding hydrogens is 749 g/mol. The molecule has 0 amide bonds. The number of aromatic nitrogens is 10. The lowest BCUT2D eigenvalue weighted by Crippen LogP contribution is -2.14. The van der Waals surface area contributed by atoms with Crippen molar-refractivity contribution in [2.45, 2.75) is 0 Å². The summed E-state index contributed by atoms with van der Waals surface area (Å²) in [7, 11) is 0. The lowest BCUT2D eigenvalue weighted by Gasteiger charge is -2.12. The van der Waals surface area contributed by atoms with E-state index in [1.807, 2.05) is 122 Å². The summed E-state index contributed by atoms with van der Waals surface area (Å²) in [5, 5.41) is 17.4. The molecule has 6 aromatic heterocycles. The Hall–Kier alpha value is -7.20. The van der Waals surface area contributed by atoms with Gasteiger partial charge in [0.25, 0.3) is 0 Å². The van der Waals surface area contributed by atoms with E-state index < -0.39 is 0 Å². The van der Waals surface area contributed by atoms with Gasteiger partial charge in [-0.05, 0) is 72.8 Å². The molecule has 0 aliphatic carbocycles. The van der Waals surface area contributed by atoms with E-state index in [1.54, 1.807) is 34.2 Å². The molecule has 0 saturated carbocycles. The van der Waals surface area contributed by atoms with Crippen LogP contribution >= 0.6 is 0 Å². The Morgan fingerprint density at radius 3 is 1.19 bits per heavy atom. The largest absolute Gasteiger partial charge is 0.489 e. The summed E-state index contributed by atoms with van der Waals surface area (Å²) in [6.45, 7) is 3.26. The normalized spacial score (nSPS) is 11.1. The number of ether oxygens (including phenoxy) is 5. The molecule has 15 heteroatoms. The van der Waals surface area contributed by atoms with Gasteiger partial charge in [0.05, 0.1) is 74.8 Å². The molecular formula is C44H40N10O5. The number of para-hydroxylation sites is 4. The molecule has 59 heavy (non-hydrogen) atoms. The first kappa shape index (κ1) is 38.7. The highest BCUT2D eigenvalue weighted by molar-refractivity contribution is 5.63. The summed E-state index contributed by atoms with van der Waals surface area (Å²) in [5.74, 6) is 1.34. The highest BCUT2D eigenvalue weighted by Gasteiger charge is 2.13. The average molecular weight is 789 g/mol. The zero-order valence-electron chi connectivity index (χ0n) is 32.0. The summed E-state index contributed by atoms with van der Waals surface area (Å²) in [6.07, 6.45) is 10.7. The summed E-state index contributed by atoms with van der Waals surface area (Å²) >= 11 is 0. The third-order valence-corrected chi connectivity index (χ3v) is 8.90. The van der Waals surface area contributed by atoms with Crippen LogP contribution in [0, 0.1) is 0 Å². The summed E-state index contributed by atoms with van der Waals surface area (Å²) in [5.41, 5.74) is 7.83. The monoisotopic (exact) mass is 788 g/mol. The van der Waals surface area contributed by atoms with Crippen LogP contribution in [0.4, 0.5) is 0 Å². The van der Waals surface area contributed by atoms with Gasteiger partial charge in [-0.1, -0.05) is 46.8 Å². The Labute approximate surface area is 340 Å². The maximum absolute atomic E-state index is 6.04. The third-order valence-electron chi connectivity index (χ3n) is 8.90. The van der Waals surface area contributed by atoms with Crippen LogP contribution in [0.5, 0.6) is 11.5 Å². The smallest absolute Gasteiger partial charge is 0.145 e. The lowest BCUT2D eigenvalue weighted by atomic mass is 10.2. The number of nitrogens with zero attached hydrogens (tertiary/aromatic N) is 10. The van der Waals surface area contributed by atoms with Crippen molar-refractivity contribution in [1.82, 2.24) is 49.9 Å². The van der Waals surface area contributed by atoms with Crippen molar-refractivity contribution in [2.24, 2.45) is 0 Å². The summed E-state index contributed by atoms with van der Waals surface area (Å²) < 4.78 is 32.6. The van der Waals surface area contributed by atoms with Crippen LogP contribution in [0.1, 0.15) is 0 Å². The van der Waals surface area contributed by atoms with Crippen molar-refractivity contribution in [3.63, 3.8) is 0 Å². The van der Waals surface area contributed by atoms with Crippen LogP contribution in [-0.2, 0) is 14.2 Å².